The highest BCUT2D eigenvalue weighted by molar-refractivity contribution is 7.89. The van der Waals surface area contributed by atoms with E-state index in [2.05, 4.69) is 0 Å². The Morgan fingerprint density at radius 2 is 1.81 bits per heavy atom. The number of sulfonamides is 1. The maximum absolute atomic E-state index is 11.7. The molecule has 0 atom stereocenters. The van der Waals surface area contributed by atoms with Crippen molar-refractivity contribution in [3.63, 3.8) is 0 Å². The fraction of sp³-hybridized carbons (Fsp3) is 0.133. The molecule has 0 unspecified atom stereocenters. The molecule has 0 bridgehead atoms. The number of nitrogens with two attached hydrogens (primary N) is 1. The number of ketones is 1. The highest BCUT2D eigenvalue weighted by Crippen LogP contribution is 2.34. The number of hydrogen-bond acceptors (Lipinski definition) is 3. The Morgan fingerprint density at radius 3 is 2.33 bits per heavy atom. The average Bonchev–Trinajstić information content (AvgIpc) is 2.39. The molecule has 0 spiro atoms. The number of primary sulfonamides is 1. The van der Waals surface area contributed by atoms with Gasteiger partial charge in [0.1, 0.15) is 10.7 Å². The first kappa shape index (κ1) is 15.7. The van der Waals surface area contributed by atoms with Crippen molar-refractivity contribution < 1.29 is 13.2 Å². The second-order valence-electron chi connectivity index (χ2n) is 4.75. The van der Waals surface area contributed by atoms with Crippen molar-refractivity contribution in [3.8, 4) is 11.1 Å². The highest BCUT2D eigenvalue weighted by atomic mass is 35.5. The Bertz CT molecular complexity index is 786. The van der Waals surface area contributed by atoms with Gasteiger partial charge in [-0.1, -0.05) is 41.9 Å². The standard InChI is InChI=1S/C15H14ClNO3S/c1-10(18)7-11-8-13(12-5-3-2-4-6-12)15(16)14(9-11)21(17,19)20/h2-6,8-9H,7H2,1H3,(H2,17,19,20). The normalized spacial score (nSPS) is 11.4. The molecule has 0 saturated heterocycles. The molecule has 0 aromatic heterocycles. The number of carbonyl (C=O) groups is 1. The molecular formula is C15H14ClNO3S. The zero-order chi connectivity index (χ0) is 15.6. The molecule has 0 saturated carbocycles. The van der Waals surface area contributed by atoms with Crippen LogP contribution in [0.5, 0.6) is 0 Å². The predicted octanol–water partition coefficient (Wildman–Crippen LogP) is 2.79. The molecule has 4 nitrogen and oxygen atoms in total. The maximum atomic E-state index is 11.7. The van der Waals surface area contributed by atoms with Crippen molar-refractivity contribution in [1.82, 2.24) is 0 Å². The Kier molecular flexibility index (Phi) is 4.46. The summed E-state index contributed by atoms with van der Waals surface area (Å²) in [5.41, 5.74) is 1.87. The molecule has 2 N–H and O–H groups in total. The second-order valence-corrected chi connectivity index (χ2v) is 6.65. The summed E-state index contributed by atoms with van der Waals surface area (Å²) in [6.45, 7) is 1.44. The molecule has 0 aliphatic carbocycles. The van der Waals surface area contributed by atoms with E-state index in [-0.39, 0.29) is 22.1 Å². The number of benzene rings is 2. The van der Waals surface area contributed by atoms with Crippen LogP contribution in [0.25, 0.3) is 11.1 Å². The lowest BCUT2D eigenvalue weighted by Crippen LogP contribution is -2.14. The Balaban J connectivity index is 2.72. The summed E-state index contributed by atoms with van der Waals surface area (Å²) in [4.78, 5) is 11.1. The van der Waals surface area contributed by atoms with Crippen molar-refractivity contribution >= 4 is 27.4 Å². The van der Waals surface area contributed by atoms with E-state index in [1.165, 1.54) is 13.0 Å². The van der Waals surface area contributed by atoms with Gasteiger partial charge in [0.15, 0.2) is 0 Å². The summed E-state index contributed by atoms with van der Waals surface area (Å²) in [7, 11) is -3.97. The van der Waals surface area contributed by atoms with Crippen molar-refractivity contribution in [2.45, 2.75) is 18.2 Å². The van der Waals surface area contributed by atoms with Gasteiger partial charge in [-0.3, -0.25) is 4.79 Å². The molecule has 0 fully saturated rings. The van der Waals surface area contributed by atoms with Gasteiger partial charge in [-0.05, 0) is 30.2 Å². The molecule has 0 heterocycles. The monoisotopic (exact) mass is 323 g/mol. The fourth-order valence-corrected chi connectivity index (χ4v) is 3.30. The van der Waals surface area contributed by atoms with Crippen molar-refractivity contribution in [3.05, 3.63) is 53.1 Å². The molecule has 2 rings (SSSR count). The van der Waals surface area contributed by atoms with E-state index in [4.69, 9.17) is 16.7 Å². The van der Waals surface area contributed by atoms with Crippen LogP contribution in [0.4, 0.5) is 0 Å². The van der Waals surface area contributed by atoms with Crippen molar-refractivity contribution in [2.24, 2.45) is 5.14 Å². The van der Waals surface area contributed by atoms with Crippen LogP contribution in [0.3, 0.4) is 0 Å². The molecule has 110 valence electrons. The summed E-state index contributed by atoms with van der Waals surface area (Å²) >= 11 is 6.19. The van der Waals surface area contributed by atoms with Gasteiger partial charge in [0.2, 0.25) is 10.0 Å². The molecular weight excluding hydrogens is 310 g/mol. The quantitative estimate of drug-likeness (QED) is 0.939. The Hall–Kier alpha value is -1.69. The minimum atomic E-state index is -3.97. The van der Waals surface area contributed by atoms with E-state index < -0.39 is 10.0 Å². The first-order chi connectivity index (χ1) is 9.79. The largest absolute Gasteiger partial charge is 0.300 e. The minimum Gasteiger partial charge on any atom is -0.300 e. The molecule has 0 radical (unpaired) electrons. The van der Waals surface area contributed by atoms with Gasteiger partial charge in [0.25, 0.3) is 0 Å². The zero-order valence-corrected chi connectivity index (χ0v) is 12.9. The SMILES string of the molecule is CC(=O)Cc1cc(-c2ccccc2)c(Cl)c(S(N)(=O)=O)c1. The third-order valence-corrected chi connectivity index (χ3v) is 4.40. The molecule has 21 heavy (non-hydrogen) atoms. The number of halogens is 1. The van der Waals surface area contributed by atoms with Gasteiger partial charge in [-0.25, -0.2) is 13.6 Å². The van der Waals surface area contributed by atoms with Gasteiger partial charge in [-0.2, -0.15) is 0 Å². The van der Waals surface area contributed by atoms with Crippen molar-refractivity contribution in [1.29, 1.82) is 0 Å². The van der Waals surface area contributed by atoms with Crippen LogP contribution < -0.4 is 5.14 Å². The van der Waals surface area contributed by atoms with Gasteiger partial charge in [-0.15, -0.1) is 0 Å². The number of hydrogen-bond donors (Lipinski definition) is 1. The summed E-state index contributed by atoms with van der Waals surface area (Å²) < 4.78 is 23.4. The summed E-state index contributed by atoms with van der Waals surface area (Å²) in [5, 5.41) is 5.27. The second kappa shape index (κ2) is 5.97. The third-order valence-electron chi connectivity index (χ3n) is 2.94. The zero-order valence-electron chi connectivity index (χ0n) is 11.3. The summed E-state index contributed by atoms with van der Waals surface area (Å²) in [6, 6.07) is 12.2. The predicted molar refractivity (Wildman–Crippen MR) is 82.6 cm³/mol. The first-order valence-electron chi connectivity index (χ1n) is 6.19. The van der Waals surface area contributed by atoms with Crippen LogP contribution in [0.2, 0.25) is 5.02 Å². The minimum absolute atomic E-state index is 0.0657. The molecule has 0 aliphatic heterocycles. The van der Waals surface area contributed by atoms with Gasteiger partial charge >= 0.3 is 0 Å². The van der Waals surface area contributed by atoms with Crippen LogP contribution in [-0.2, 0) is 21.2 Å². The first-order valence-corrected chi connectivity index (χ1v) is 8.11. The number of Topliss-reactive ketones (excluding diaryl/α,β-unsaturated/α-hetero) is 1. The van der Waals surface area contributed by atoms with E-state index in [0.29, 0.717) is 11.1 Å². The summed E-state index contributed by atoms with van der Waals surface area (Å²) in [6.07, 6.45) is 0.125. The van der Waals surface area contributed by atoms with E-state index in [0.717, 1.165) is 5.56 Å². The molecule has 0 amide bonds. The third kappa shape index (κ3) is 3.69. The lowest BCUT2D eigenvalue weighted by molar-refractivity contribution is -0.116. The van der Waals surface area contributed by atoms with E-state index >= 15 is 0 Å². The molecule has 2 aromatic rings. The van der Waals surface area contributed by atoms with Crippen LogP contribution in [0.1, 0.15) is 12.5 Å². The van der Waals surface area contributed by atoms with Crippen LogP contribution in [-0.4, -0.2) is 14.2 Å². The molecule has 2 aromatic carbocycles. The van der Waals surface area contributed by atoms with Gasteiger partial charge < -0.3 is 0 Å². The fourth-order valence-electron chi connectivity index (χ4n) is 2.08. The smallest absolute Gasteiger partial charge is 0.239 e. The maximum Gasteiger partial charge on any atom is 0.239 e. The van der Waals surface area contributed by atoms with E-state index in [9.17, 15) is 13.2 Å². The highest BCUT2D eigenvalue weighted by Gasteiger charge is 2.19. The van der Waals surface area contributed by atoms with Crippen LogP contribution in [0.15, 0.2) is 47.4 Å². The van der Waals surface area contributed by atoms with Gasteiger partial charge in [0.05, 0.1) is 5.02 Å². The Morgan fingerprint density at radius 1 is 1.19 bits per heavy atom. The molecule has 6 heteroatoms. The Labute approximate surface area is 128 Å². The van der Waals surface area contributed by atoms with E-state index in [1.807, 2.05) is 30.3 Å². The van der Waals surface area contributed by atoms with Crippen LogP contribution >= 0.6 is 11.6 Å². The lowest BCUT2D eigenvalue weighted by atomic mass is 10.0. The van der Waals surface area contributed by atoms with E-state index in [1.54, 1.807) is 6.07 Å². The van der Waals surface area contributed by atoms with Crippen LogP contribution in [0, 0.1) is 0 Å². The van der Waals surface area contributed by atoms with Crippen molar-refractivity contribution in [2.75, 3.05) is 0 Å². The number of carbonyl (C=O) groups excluding carboxylic acids is 1. The average molecular weight is 324 g/mol. The molecule has 0 aliphatic rings. The number of rotatable bonds is 4. The van der Waals surface area contributed by atoms with Gasteiger partial charge in [0, 0.05) is 12.0 Å². The topological polar surface area (TPSA) is 77.2 Å². The summed E-state index contributed by atoms with van der Waals surface area (Å²) in [5.74, 6) is -0.0725. The lowest BCUT2D eigenvalue weighted by Gasteiger charge is -2.11.